The number of allylic oxidation sites excluding steroid dienone is 4. The molecular formula is C19H20O2. The number of carbonyl (C=O) groups is 1. The Morgan fingerprint density at radius 1 is 1.05 bits per heavy atom. The Labute approximate surface area is 125 Å². The smallest absolute Gasteiger partial charge is 0.338 e. The fourth-order valence-corrected chi connectivity index (χ4v) is 4.41. The van der Waals surface area contributed by atoms with E-state index in [0.29, 0.717) is 18.1 Å². The van der Waals surface area contributed by atoms with E-state index >= 15 is 0 Å². The van der Waals surface area contributed by atoms with E-state index in [1.165, 1.54) is 6.42 Å². The summed E-state index contributed by atoms with van der Waals surface area (Å²) in [4.78, 5) is 11.9. The van der Waals surface area contributed by atoms with Gasteiger partial charge in [0.1, 0.15) is 0 Å². The molecule has 0 radical (unpaired) electrons. The molecule has 1 aromatic carbocycles. The molecule has 0 N–H and O–H groups in total. The highest BCUT2D eigenvalue weighted by molar-refractivity contribution is 5.89. The third kappa shape index (κ3) is 2.23. The maximum atomic E-state index is 11.9. The minimum Gasteiger partial charge on any atom is -0.462 e. The first-order valence-electron chi connectivity index (χ1n) is 7.92. The monoisotopic (exact) mass is 280 g/mol. The average molecular weight is 280 g/mol. The third-order valence-electron chi connectivity index (χ3n) is 5.35. The van der Waals surface area contributed by atoms with Crippen molar-refractivity contribution < 1.29 is 9.53 Å². The van der Waals surface area contributed by atoms with Crippen LogP contribution >= 0.6 is 0 Å². The van der Waals surface area contributed by atoms with Gasteiger partial charge in [-0.25, -0.2) is 4.79 Å². The zero-order chi connectivity index (χ0) is 14.2. The van der Waals surface area contributed by atoms with Gasteiger partial charge in [0.25, 0.3) is 0 Å². The molecule has 2 nitrogen and oxygen atoms in total. The van der Waals surface area contributed by atoms with Crippen molar-refractivity contribution in [2.75, 3.05) is 6.61 Å². The van der Waals surface area contributed by atoms with Crippen LogP contribution in [0.5, 0.6) is 0 Å². The molecule has 3 aliphatic rings. The molecule has 2 bridgehead atoms. The lowest BCUT2D eigenvalue weighted by molar-refractivity contribution is 0.0477. The van der Waals surface area contributed by atoms with Crippen molar-refractivity contribution in [2.24, 2.45) is 29.6 Å². The van der Waals surface area contributed by atoms with Crippen molar-refractivity contribution in [3.63, 3.8) is 0 Å². The number of hydrogen-bond acceptors (Lipinski definition) is 2. The lowest BCUT2D eigenvalue weighted by atomic mass is 9.79. The Hall–Kier alpha value is -1.83. The van der Waals surface area contributed by atoms with Crippen LogP contribution in [-0.4, -0.2) is 12.6 Å². The first-order valence-corrected chi connectivity index (χ1v) is 7.92. The minimum absolute atomic E-state index is 0.207. The van der Waals surface area contributed by atoms with Gasteiger partial charge in [-0.1, -0.05) is 42.5 Å². The normalized spacial score (nSPS) is 35.1. The van der Waals surface area contributed by atoms with Gasteiger partial charge >= 0.3 is 5.97 Å². The first-order chi connectivity index (χ1) is 10.3. The fraction of sp³-hybridized carbons (Fsp3) is 0.421. The summed E-state index contributed by atoms with van der Waals surface area (Å²) in [5, 5.41) is 0. The Morgan fingerprint density at radius 3 is 2.71 bits per heavy atom. The van der Waals surface area contributed by atoms with Crippen molar-refractivity contribution >= 4 is 5.97 Å². The summed E-state index contributed by atoms with van der Waals surface area (Å²) in [6.07, 6.45) is 11.9. The second-order valence-corrected chi connectivity index (χ2v) is 6.44. The highest BCUT2D eigenvalue weighted by Crippen LogP contribution is 2.55. The summed E-state index contributed by atoms with van der Waals surface area (Å²) in [5.74, 6) is 3.41. The summed E-state index contributed by atoms with van der Waals surface area (Å²) in [6, 6.07) is 9.23. The van der Waals surface area contributed by atoms with Gasteiger partial charge in [-0.3, -0.25) is 0 Å². The number of benzene rings is 1. The molecule has 0 aliphatic heterocycles. The van der Waals surface area contributed by atoms with Gasteiger partial charge in [0.15, 0.2) is 0 Å². The average Bonchev–Trinajstić information content (AvgIpc) is 3.21. The molecule has 0 saturated heterocycles. The maximum Gasteiger partial charge on any atom is 0.338 e. The highest BCUT2D eigenvalue weighted by atomic mass is 16.5. The highest BCUT2D eigenvalue weighted by Gasteiger charge is 2.48. The Balaban J connectivity index is 1.31. The molecule has 0 unspecified atom stereocenters. The van der Waals surface area contributed by atoms with E-state index < -0.39 is 0 Å². The van der Waals surface area contributed by atoms with Crippen LogP contribution in [0.2, 0.25) is 0 Å². The molecule has 108 valence electrons. The van der Waals surface area contributed by atoms with Gasteiger partial charge < -0.3 is 4.74 Å². The number of ether oxygens (including phenoxy) is 1. The number of hydrogen-bond donors (Lipinski definition) is 0. The van der Waals surface area contributed by atoms with Gasteiger partial charge in [-0.2, -0.15) is 0 Å². The van der Waals surface area contributed by atoms with Crippen LogP contribution < -0.4 is 0 Å². The number of carbonyl (C=O) groups excluding carboxylic acids is 1. The first kappa shape index (κ1) is 12.9. The molecule has 1 saturated carbocycles. The van der Waals surface area contributed by atoms with Crippen LogP contribution in [0, 0.1) is 29.6 Å². The molecule has 3 aliphatic carbocycles. The van der Waals surface area contributed by atoms with E-state index in [-0.39, 0.29) is 5.97 Å². The van der Waals surface area contributed by atoms with Crippen molar-refractivity contribution in [2.45, 2.75) is 12.8 Å². The lowest BCUT2D eigenvalue weighted by Crippen LogP contribution is -2.22. The van der Waals surface area contributed by atoms with E-state index in [4.69, 9.17) is 4.74 Å². The maximum absolute atomic E-state index is 11.9. The molecule has 1 fully saturated rings. The van der Waals surface area contributed by atoms with Gasteiger partial charge in [-0.05, 0) is 54.6 Å². The van der Waals surface area contributed by atoms with Gasteiger partial charge in [-0.15, -0.1) is 0 Å². The van der Waals surface area contributed by atoms with Crippen LogP contribution in [0.4, 0.5) is 0 Å². The molecule has 2 heteroatoms. The summed E-state index contributed by atoms with van der Waals surface area (Å²) in [6.45, 7) is 0.521. The third-order valence-corrected chi connectivity index (χ3v) is 5.35. The number of fused-ring (bicyclic) bond motifs is 5. The van der Waals surface area contributed by atoms with Crippen molar-refractivity contribution in [3.8, 4) is 0 Å². The van der Waals surface area contributed by atoms with E-state index in [2.05, 4.69) is 24.3 Å². The zero-order valence-electron chi connectivity index (χ0n) is 12.0. The minimum atomic E-state index is -0.207. The summed E-state index contributed by atoms with van der Waals surface area (Å²) < 4.78 is 5.43. The Kier molecular flexibility index (Phi) is 3.17. The molecule has 5 atom stereocenters. The van der Waals surface area contributed by atoms with E-state index in [9.17, 15) is 4.79 Å². The molecule has 1 aromatic rings. The molecule has 4 rings (SSSR count). The SMILES string of the molecule is O=C(OCC[C@H]1C=C[C@H]2[C@@H]1[C@H]1C=C[C@@H]2C1)c1ccccc1. The molecule has 0 spiro atoms. The van der Waals surface area contributed by atoms with E-state index in [0.717, 1.165) is 30.1 Å². The number of rotatable bonds is 4. The predicted octanol–water partition coefficient (Wildman–Crippen LogP) is 3.86. The molecular weight excluding hydrogens is 260 g/mol. The summed E-state index contributed by atoms with van der Waals surface area (Å²) >= 11 is 0. The quantitative estimate of drug-likeness (QED) is 0.618. The molecule has 0 amide bonds. The number of esters is 1. The largest absolute Gasteiger partial charge is 0.462 e. The lowest BCUT2D eigenvalue weighted by Gasteiger charge is -2.26. The van der Waals surface area contributed by atoms with Gasteiger partial charge in [0.05, 0.1) is 12.2 Å². The Bertz CT molecular complexity index is 587. The second kappa shape index (κ2) is 5.18. The van der Waals surface area contributed by atoms with Crippen LogP contribution in [0.1, 0.15) is 23.2 Å². The van der Waals surface area contributed by atoms with Crippen LogP contribution in [-0.2, 0) is 4.74 Å². The van der Waals surface area contributed by atoms with E-state index in [1.807, 2.05) is 18.2 Å². The predicted molar refractivity (Wildman–Crippen MR) is 81.7 cm³/mol. The topological polar surface area (TPSA) is 26.3 Å². The van der Waals surface area contributed by atoms with Crippen LogP contribution in [0.15, 0.2) is 54.6 Å². The summed E-state index contributed by atoms with van der Waals surface area (Å²) in [7, 11) is 0. The van der Waals surface area contributed by atoms with Gasteiger partial charge in [0, 0.05) is 0 Å². The summed E-state index contributed by atoms with van der Waals surface area (Å²) in [5.41, 5.74) is 0.639. The fourth-order valence-electron chi connectivity index (χ4n) is 4.41. The molecule has 0 heterocycles. The molecule has 21 heavy (non-hydrogen) atoms. The van der Waals surface area contributed by atoms with E-state index in [1.54, 1.807) is 12.1 Å². The van der Waals surface area contributed by atoms with Crippen LogP contribution in [0.3, 0.4) is 0 Å². The zero-order valence-corrected chi connectivity index (χ0v) is 12.0. The second-order valence-electron chi connectivity index (χ2n) is 6.44. The Morgan fingerprint density at radius 2 is 1.86 bits per heavy atom. The van der Waals surface area contributed by atoms with Crippen LogP contribution in [0.25, 0.3) is 0 Å². The van der Waals surface area contributed by atoms with Crippen molar-refractivity contribution in [1.29, 1.82) is 0 Å². The van der Waals surface area contributed by atoms with Gasteiger partial charge in [0.2, 0.25) is 0 Å². The van der Waals surface area contributed by atoms with Crippen molar-refractivity contribution in [1.82, 2.24) is 0 Å². The van der Waals surface area contributed by atoms with Crippen molar-refractivity contribution in [3.05, 3.63) is 60.2 Å². The standard InChI is InChI=1S/C19H20O2/c20-19(14-4-2-1-3-5-14)21-11-10-13-8-9-17-15-6-7-16(12-15)18(13)17/h1-9,13,15-18H,10-12H2/t13-,15-,16+,17-,18+/m1/s1. The molecule has 0 aromatic heterocycles.